The number of aromatic nitrogens is 2. The van der Waals surface area contributed by atoms with Crippen LogP contribution in [0.3, 0.4) is 0 Å². The summed E-state index contributed by atoms with van der Waals surface area (Å²) in [5.41, 5.74) is 6.35. The summed E-state index contributed by atoms with van der Waals surface area (Å²) in [7, 11) is 4.57. The minimum atomic E-state index is -0.478. The first-order valence-corrected chi connectivity index (χ1v) is 16.9. The summed E-state index contributed by atoms with van der Waals surface area (Å²) in [5.74, 6) is 0. The van der Waals surface area contributed by atoms with Crippen LogP contribution in [0.5, 0.6) is 0 Å². The Bertz CT molecular complexity index is 1710. The third kappa shape index (κ3) is 7.98. The van der Waals surface area contributed by atoms with Crippen LogP contribution >= 0.6 is 22.7 Å². The highest BCUT2D eigenvalue weighted by molar-refractivity contribution is 7.18. The molecule has 2 aliphatic rings. The summed E-state index contributed by atoms with van der Waals surface area (Å²) in [5, 5.41) is 39.0. The molecule has 2 aromatic heterocycles. The Kier molecular flexibility index (Phi) is 9.55. The van der Waals surface area contributed by atoms with Gasteiger partial charge in [0.15, 0.2) is 0 Å². The molecule has 6 rings (SSSR count). The summed E-state index contributed by atoms with van der Waals surface area (Å²) >= 11 is 1.80. The van der Waals surface area contributed by atoms with Gasteiger partial charge in [-0.3, -0.25) is 20.2 Å². The van der Waals surface area contributed by atoms with Gasteiger partial charge >= 0.3 is 10.0 Å². The Morgan fingerprint density at radius 1 is 0.745 bits per heavy atom. The zero-order valence-electron chi connectivity index (χ0n) is 26.1. The number of azo groups is 2. The van der Waals surface area contributed by atoms with Crippen LogP contribution in [0, 0.1) is 20.2 Å². The van der Waals surface area contributed by atoms with Gasteiger partial charge in [0.05, 0.1) is 61.5 Å². The van der Waals surface area contributed by atoms with Crippen molar-refractivity contribution in [3.63, 3.8) is 0 Å². The molecule has 0 N–H and O–H groups in total. The van der Waals surface area contributed by atoms with Crippen LogP contribution in [-0.4, -0.2) is 77.7 Å². The smallest absolute Gasteiger partial charge is 0.345 e. The molecule has 4 heterocycles. The minimum absolute atomic E-state index is 0.0537. The molecule has 0 saturated carbocycles. The molecule has 0 amide bonds. The summed E-state index contributed by atoms with van der Waals surface area (Å²) in [4.78, 5) is 33.7. The molecular formula is C30H34N11O4S2+. The zero-order valence-corrected chi connectivity index (χ0v) is 27.7. The molecule has 244 valence electrons. The Labute approximate surface area is 278 Å². The van der Waals surface area contributed by atoms with Gasteiger partial charge in [-0.15, -0.1) is 20.5 Å². The molecule has 0 saturated heterocycles. The van der Waals surface area contributed by atoms with Crippen molar-refractivity contribution in [2.24, 2.45) is 20.5 Å². The lowest BCUT2D eigenvalue weighted by Gasteiger charge is -2.38. The third-order valence-corrected chi connectivity index (χ3v) is 10.00. The van der Waals surface area contributed by atoms with E-state index >= 15 is 0 Å². The fraction of sp³-hybridized carbons (Fsp3) is 0.400. The van der Waals surface area contributed by atoms with Crippen LogP contribution in [0.4, 0.5) is 43.0 Å². The van der Waals surface area contributed by atoms with E-state index in [0.29, 0.717) is 11.4 Å². The fourth-order valence-electron chi connectivity index (χ4n) is 5.78. The molecule has 0 radical (unpaired) electrons. The highest BCUT2D eigenvalue weighted by Gasteiger charge is 2.24. The normalized spacial score (nSPS) is 14.9. The summed E-state index contributed by atoms with van der Waals surface area (Å²) in [6.45, 7) is 5.90. The first kappa shape index (κ1) is 32.2. The Balaban J connectivity index is 1.03. The zero-order chi connectivity index (χ0) is 33.0. The molecule has 15 nitrogen and oxygen atoms in total. The van der Waals surface area contributed by atoms with E-state index in [1.54, 1.807) is 0 Å². The van der Waals surface area contributed by atoms with E-state index in [1.165, 1.54) is 34.9 Å². The second-order valence-electron chi connectivity index (χ2n) is 12.1. The minimum Gasteiger partial charge on any atom is -0.366 e. The van der Waals surface area contributed by atoms with Gasteiger partial charge < -0.3 is 14.3 Å². The van der Waals surface area contributed by atoms with Crippen molar-refractivity contribution in [3.05, 3.63) is 80.1 Å². The van der Waals surface area contributed by atoms with Gasteiger partial charge in [0.1, 0.15) is 12.4 Å². The van der Waals surface area contributed by atoms with Crippen molar-refractivity contribution < 1.29 is 14.3 Å². The third-order valence-electron chi connectivity index (χ3n) is 8.33. The van der Waals surface area contributed by atoms with E-state index in [0.717, 1.165) is 92.1 Å². The van der Waals surface area contributed by atoms with Crippen LogP contribution in [0.2, 0.25) is 0 Å². The molecule has 0 fully saturated rings. The van der Waals surface area contributed by atoms with Gasteiger partial charge in [-0.1, -0.05) is 0 Å². The Morgan fingerprint density at radius 2 is 1.19 bits per heavy atom. The van der Waals surface area contributed by atoms with Crippen LogP contribution in [0.15, 0.2) is 69.2 Å². The predicted octanol–water partition coefficient (Wildman–Crippen LogP) is 7.53. The maximum absolute atomic E-state index is 10.9. The van der Waals surface area contributed by atoms with Crippen molar-refractivity contribution in [3.8, 4) is 0 Å². The monoisotopic (exact) mass is 676 g/mol. The molecule has 4 aromatic rings. The van der Waals surface area contributed by atoms with Gasteiger partial charge in [-0.25, -0.2) is 9.97 Å². The lowest BCUT2D eigenvalue weighted by molar-refractivity contribution is -0.887. The van der Waals surface area contributed by atoms with Crippen LogP contribution in [-0.2, 0) is 12.8 Å². The van der Waals surface area contributed by atoms with Gasteiger partial charge in [0.2, 0.25) is 10.3 Å². The highest BCUT2D eigenvalue weighted by Crippen LogP contribution is 2.35. The Hall–Kier alpha value is -4.74. The lowest BCUT2D eigenvalue weighted by atomic mass is 10.0. The largest absolute Gasteiger partial charge is 0.366 e. The molecule has 0 aliphatic carbocycles. The molecule has 0 unspecified atom stereocenters. The van der Waals surface area contributed by atoms with E-state index in [1.807, 2.05) is 12.1 Å². The molecule has 47 heavy (non-hydrogen) atoms. The number of benzene rings is 2. The van der Waals surface area contributed by atoms with Gasteiger partial charge in [-0.05, 0) is 95.9 Å². The van der Waals surface area contributed by atoms with Crippen molar-refractivity contribution >= 4 is 65.7 Å². The summed E-state index contributed by atoms with van der Waals surface area (Å²) < 4.78 is 0.885. The van der Waals surface area contributed by atoms with Crippen molar-refractivity contribution in [1.82, 2.24) is 9.97 Å². The number of quaternary nitrogens is 1. The average molecular weight is 677 g/mol. The number of hydrogen-bond donors (Lipinski definition) is 0. The van der Waals surface area contributed by atoms with Gasteiger partial charge in [0.25, 0.3) is 0 Å². The van der Waals surface area contributed by atoms with E-state index in [-0.39, 0.29) is 20.3 Å². The Morgan fingerprint density at radius 3 is 1.60 bits per heavy atom. The summed E-state index contributed by atoms with van der Waals surface area (Å²) in [6, 6.07) is 12.2. The number of fused-ring (bicyclic) bond motifs is 2. The maximum atomic E-state index is 10.9. The van der Waals surface area contributed by atoms with Gasteiger partial charge in [0, 0.05) is 24.5 Å². The number of hydrogen-bond acceptors (Lipinski definition) is 14. The lowest BCUT2D eigenvalue weighted by Crippen LogP contribution is -2.50. The van der Waals surface area contributed by atoms with Gasteiger partial charge in [-0.2, -0.15) is 0 Å². The van der Waals surface area contributed by atoms with Crippen molar-refractivity contribution in [1.29, 1.82) is 0 Å². The number of anilines is 2. The molecule has 0 bridgehead atoms. The molecule has 0 atom stereocenters. The average Bonchev–Trinajstić information content (AvgIpc) is 3.75. The fourth-order valence-corrected chi connectivity index (χ4v) is 6.89. The standard InChI is InChI=1S/C30H34N11O4S2/c1-41(2,15-13-37-11-3-5-21-17-23(7-9-25(21)37)33-35-29-31-19-27(46-29)39(42)43)16-14-38-12-4-6-22-18-24(8-10-26(22)38)34-36-30-32-20-28(47-30)40(44)45/h7-10,17-20H,3-6,11-16H2,1-2H3/q+1. The van der Waals surface area contributed by atoms with Crippen molar-refractivity contribution in [2.75, 3.05) is 63.2 Å². The number of nitro groups is 2. The molecule has 2 aliphatic heterocycles. The quantitative estimate of drug-likeness (QED) is 0.0642. The second-order valence-corrected chi connectivity index (χ2v) is 14.0. The maximum Gasteiger partial charge on any atom is 0.345 e. The second kappa shape index (κ2) is 13.9. The van der Waals surface area contributed by atoms with Crippen LogP contribution in [0.25, 0.3) is 0 Å². The number of rotatable bonds is 12. The van der Waals surface area contributed by atoms with Crippen LogP contribution in [0.1, 0.15) is 24.0 Å². The number of thiazole rings is 2. The topological polar surface area (TPSA) is 168 Å². The van der Waals surface area contributed by atoms with Crippen molar-refractivity contribution in [2.45, 2.75) is 25.7 Å². The SMILES string of the molecule is C[N+](C)(CCN1CCCc2cc(N=Nc3ncc([N+](=O)[O-])s3)ccc21)CCN1CCCc2cc(N=Nc3ncc([N+](=O)[O-])s3)ccc21. The number of nitrogens with zero attached hydrogens (tertiary/aromatic N) is 11. The van der Waals surface area contributed by atoms with E-state index in [9.17, 15) is 20.2 Å². The predicted molar refractivity (Wildman–Crippen MR) is 182 cm³/mol. The summed E-state index contributed by atoms with van der Waals surface area (Å²) in [6.07, 6.45) is 6.48. The van der Waals surface area contributed by atoms with Crippen LogP contribution < -0.4 is 9.80 Å². The first-order chi connectivity index (χ1) is 22.6. The van der Waals surface area contributed by atoms with E-state index in [4.69, 9.17) is 0 Å². The molecule has 17 heteroatoms. The molecular weight excluding hydrogens is 643 g/mol. The molecule has 0 spiro atoms. The molecule has 2 aromatic carbocycles. The van der Waals surface area contributed by atoms with E-state index in [2.05, 4.69) is 78.6 Å². The first-order valence-electron chi connectivity index (χ1n) is 15.3. The number of aryl methyl sites for hydroxylation is 2. The van der Waals surface area contributed by atoms with E-state index < -0.39 is 9.85 Å². The number of likely N-dealkylation sites (N-methyl/N-ethyl adjacent to an activating group) is 1. The highest BCUT2D eigenvalue weighted by atomic mass is 32.1.